The zero-order valence-corrected chi connectivity index (χ0v) is 44.0. The Labute approximate surface area is 391 Å². The van der Waals surface area contributed by atoms with Crippen LogP contribution in [0, 0.1) is 0 Å². The van der Waals surface area contributed by atoms with Gasteiger partial charge in [-0.3, -0.25) is 0 Å². The van der Waals surface area contributed by atoms with E-state index in [1.165, 1.54) is 347 Å². The minimum Gasteiger partial charge on any atom is -0.0840 e. The molecule has 0 aromatic heterocycles. The number of hydrogen-bond acceptors (Lipinski definition) is 0. The van der Waals surface area contributed by atoms with Crippen LogP contribution in [0.1, 0.15) is 361 Å². The van der Waals surface area contributed by atoms with E-state index in [0.717, 1.165) is 8.58 Å². The average molecular weight is 872 g/mol. The second kappa shape index (κ2) is 59.9. The lowest BCUT2D eigenvalue weighted by Crippen LogP contribution is -1.84. The van der Waals surface area contributed by atoms with Gasteiger partial charge in [0.25, 0.3) is 0 Å². The zero-order valence-electron chi connectivity index (χ0n) is 43.0. The largest absolute Gasteiger partial charge is 0.0840 e. The summed E-state index contributed by atoms with van der Waals surface area (Å²) in [5.74, 6) is 4.86. The van der Waals surface area contributed by atoms with E-state index in [1.807, 2.05) is 0 Å². The van der Waals surface area contributed by atoms with Gasteiger partial charge in [0.1, 0.15) is 0 Å². The normalized spacial score (nSPS) is 12.2. The van der Waals surface area contributed by atoms with Gasteiger partial charge in [0, 0.05) is 0 Å². The fraction of sp³-hybridized carbons (Fsp3) is 0.933. The zero-order chi connectivity index (χ0) is 43.7. The molecular formula is C60H119P. The Bertz CT molecular complexity index is 718. The molecule has 0 aromatic carbocycles. The topological polar surface area (TPSA) is 0 Å². The van der Waals surface area contributed by atoms with Gasteiger partial charge < -0.3 is 0 Å². The van der Waals surface area contributed by atoms with Crippen molar-refractivity contribution >= 4 is 8.58 Å². The van der Waals surface area contributed by atoms with Crippen molar-refractivity contribution in [2.24, 2.45) is 0 Å². The highest BCUT2D eigenvalue weighted by Crippen LogP contribution is 2.20. The van der Waals surface area contributed by atoms with E-state index in [1.54, 1.807) is 0 Å². The number of unbranched alkanes of at least 4 members (excludes halogenated alkanes) is 52. The maximum absolute atomic E-state index is 2.45. The molecule has 0 amide bonds. The average Bonchev–Trinajstić information content (AvgIpc) is 3.27. The first-order valence-corrected chi connectivity index (χ1v) is 30.6. The molecule has 0 radical (unpaired) electrons. The van der Waals surface area contributed by atoms with E-state index in [4.69, 9.17) is 0 Å². The van der Waals surface area contributed by atoms with Crippen LogP contribution in [0.2, 0.25) is 0 Å². The van der Waals surface area contributed by atoms with Gasteiger partial charge in [-0.1, -0.05) is 367 Å². The Kier molecular flexibility index (Phi) is 59.8. The van der Waals surface area contributed by atoms with Crippen molar-refractivity contribution in [2.45, 2.75) is 361 Å². The highest BCUT2D eigenvalue weighted by atomic mass is 31.1. The lowest BCUT2D eigenvalue weighted by atomic mass is 10.0. The van der Waals surface area contributed by atoms with E-state index >= 15 is 0 Å². The molecule has 0 saturated heterocycles. The fourth-order valence-corrected chi connectivity index (χ4v) is 10.2. The molecule has 0 aliphatic rings. The van der Waals surface area contributed by atoms with Crippen LogP contribution >= 0.6 is 8.58 Å². The van der Waals surface area contributed by atoms with Crippen molar-refractivity contribution in [1.29, 1.82) is 0 Å². The van der Waals surface area contributed by atoms with E-state index < -0.39 is 0 Å². The summed E-state index contributed by atoms with van der Waals surface area (Å²) in [7, 11) is 0.890. The van der Waals surface area contributed by atoms with Gasteiger partial charge in [-0.15, -0.1) is 0 Å². The first-order chi connectivity index (χ1) is 30.4. The Hall–Kier alpha value is -0.0900. The summed E-state index contributed by atoms with van der Waals surface area (Å²) in [5.41, 5.74) is 0. The number of allylic oxidation sites excluding steroid dienone is 2. The molecule has 0 bridgehead atoms. The predicted octanol–water partition coefficient (Wildman–Crippen LogP) is 23.8. The summed E-state index contributed by atoms with van der Waals surface area (Å²) in [5, 5.41) is 0. The highest BCUT2D eigenvalue weighted by molar-refractivity contribution is 7.45. The highest BCUT2D eigenvalue weighted by Gasteiger charge is 1.99. The quantitative estimate of drug-likeness (QED) is 0.0422. The Morgan fingerprint density at radius 2 is 0.311 bits per heavy atom. The van der Waals surface area contributed by atoms with Gasteiger partial charge >= 0.3 is 0 Å². The van der Waals surface area contributed by atoms with Crippen LogP contribution in [-0.4, -0.2) is 0 Å². The van der Waals surface area contributed by atoms with Crippen LogP contribution in [0.25, 0.3) is 0 Å². The molecule has 0 saturated carbocycles. The number of hydrogen-bond donors (Lipinski definition) is 0. The van der Waals surface area contributed by atoms with Crippen LogP contribution in [0.15, 0.2) is 23.8 Å². The molecule has 0 heterocycles. The van der Waals surface area contributed by atoms with Gasteiger partial charge in [0.15, 0.2) is 0 Å². The summed E-state index contributed by atoms with van der Waals surface area (Å²) in [6.07, 6.45) is 84.0. The van der Waals surface area contributed by atoms with Crippen molar-refractivity contribution in [3.05, 3.63) is 23.8 Å². The molecule has 0 atom stereocenters. The molecule has 0 aromatic rings. The minimum absolute atomic E-state index is 0.890. The molecule has 0 aliphatic heterocycles. The predicted molar refractivity (Wildman–Crippen MR) is 287 cm³/mol. The molecular weight excluding hydrogens is 752 g/mol. The summed E-state index contributed by atoms with van der Waals surface area (Å²) >= 11 is 0. The van der Waals surface area contributed by atoms with Crippen LogP contribution < -0.4 is 0 Å². The van der Waals surface area contributed by atoms with Crippen LogP contribution in [0.5, 0.6) is 0 Å². The summed E-state index contributed by atoms with van der Waals surface area (Å²) < 4.78 is 0. The second-order valence-electron chi connectivity index (χ2n) is 20.2. The molecule has 61 heavy (non-hydrogen) atoms. The van der Waals surface area contributed by atoms with E-state index in [9.17, 15) is 0 Å². The molecule has 0 N–H and O–H groups in total. The van der Waals surface area contributed by atoms with Gasteiger partial charge in [-0.05, 0) is 25.7 Å². The van der Waals surface area contributed by atoms with Gasteiger partial charge in [0.05, 0.1) is 0 Å². The van der Waals surface area contributed by atoms with Crippen molar-refractivity contribution in [2.75, 3.05) is 0 Å². The first-order valence-electron chi connectivity index (χ1n) is 29.5. The van der Waals surface area contributed by atoms with E-state index in [0.29, 0.717) is 0 Å². The monoisotopic (exact) mass is 871 g/mol. The third kappa shape index (κ3) is 59.9. The molecule has 364 valence electrons. The Balaban J connectivity index is 3.14. The molecule has 0 aliphatic carbocycles. The lowest BCUT2D eigenvalue weighted by Gasteiger charge is -2.04. The summed E-state index contributed by atoms with van der Waals surface area (Å²) in [4.78, 5) is 0. The maximum Gasteiger partial charge on any atom is -0.0347 e. The van der Waals surface area contributed by atoms with Crippen molar-refractivity contribution in [3.8, 4) is 0 Å². The first kappa shape index (κ1) is 60.9. The smallest absolute Gasteiger partial charge is 0.0347 e. The fourth-order valence-electron chi connectivity index (χ4n) is 9.51. The SMILES string of the molecule is CCCCCCCCCCCCCCCCCCCCCCCCCCCCC=CPC=CCCCCCCCCCCCCCCCCCCCCCCCCCCCC. The number of rotatable bonds is 56. The molecule has 0 rings (SSSR count). The Morgan fingerprint density at radius 1 is 0.180 bits per heavy atom. The van der Waals surface area contributed by atoms with Crippen LogP contribution in [0.4, 0.5) is 0 Å². The summed E-state index contributed by atoms with van der Waals surface area (Å²) in [6, 6.07) is 0. The van der Waals surface area contributed by atoms with Gasteiger partial charge in [-0.2, -0.15) is 0 Å². The molecule has 0 unspecified atom stereocenters. The van der Waals surface area contributed by atoms with E-state index in [-0.39, 0.29) is 0 Å². The van der Waals surface area contributed by atoms with E-state index in [2.05, 4.69) is 37.6 Å². The Morgan fingerprint density at radius 3 is 0.459 bits per heavy atom. The third-order valence-electron chi connectivity index (χ3n) is 13.9. The molecule has 1 heteroatoms. The summed E-state index contributed by atoms with van der Waals surface area (Å²) in [6.45, 7) is 4.62. The molecule has 0 nitrogen and oxygen atoms in total. The van der Waals surface area contributed by atoms with Crippen LogP contribution in [-0.2, 0) is 0 Å². The van der Waals surface area contributed by atoms with Crippen molar-refractivity contribution in [1.82, 2.24) is 0 Å². The maximum atomic E-state index is 2.45. The third-order valence-corrected chi connectivity index (χ3v) is 14.7. The van der Waals surface area contributed by atoms with Crippen molar-refractivity contribution < 1.29 is 0 Å². The minimum atomic E-state index is 0.890. The lowest BCUT2D eigenvalue weighted by molar-refractivity contribution is 0.515. The van der Waals surface area contributed by atoms with Crippen molar-refractivity contribution in [3.63, 3.8) is 0 Å². The van der Waals surface area contributed by atoms with Gasteiger partial charge in [0.2, 0.25) is 0 Å². The molecule has 0 spiro atoms. The second-order valence-corrected chi connectivity index (χ2v) is 21.2. The van der Waals surface area contributed by atoms with Gasteiger partial charge in [-0.25, -0.2) is 0 Å². The molecule has 0 fully saturated rings. The standard InChI is InChI=1S/C60H119P/c1-3-5-7-9-11-13-15-17-19-21-23-25-27-29-31-33-35-37-39-41-43-45-47-49-51-53-55-57-59-61-60-58-56-54-52-50-48-46-44-42-40-38-36-34-32-30-28-26-24-22-20-18-16-14-12-10-8-6-4-2/h57-61H,3-56H2,1-2H3. The van der Waals surface area contributed by atoms with Crippen LogP contribution in [0.3, 0.4) is 0 Å².